The molecule has 5 fully saturated rings. The van der Waals surface area contributed by atoms with E-state index in [4.69, 9.17) is 44.9 Å². The number of rotatable bonds is 13. The molecular weight excluding hydrogens is 1540 g/mol. The number of thiazole rings is 1. The Morgan fingerprint density at radius 1 is 0.896 bits per heavy atom. The first-order chi connectivity index (χ1) is 54.9. The third-order valence-corrected chi connectivity index (χ3v) is 27.4. The van der Waals surface area contributed by atoms with Gasteiger partial charge in [0.2, 0.25) is 21.8 Å². The molecule has 0 radical (unpaired) electrons. The molecule has 8 heterocycles. The zero-order valence-electron chi connectivity index (χ0n) is 65.8. The summed E-state index contributed by atoms with van der Waals surface area (Å²) in [5.41, 5.74) is 19.0. The fraction of sp³-hybridized carbons (Fsp3) is 0.512. The van der Waals surface area contributed by atoms with Gasteiger partial charge in [0.15, 0.2) is 5.72 Å². The van der Waals surface area contributed by atoms with Gasteiger partial charge in [-0.2, -0.15) is 17.7 Å². The van der Waals surface area contributed by atoms with E-state index >= 15 is 0 Å². The van der Waals surface area contributed by atoms with Gasteiger partial charge in [-0.1, -0.05) is 63.4 Å². The van der Waals surface area contributed by atoms with E-state index in [9.17, 15) is 55.8 Å². The highest BCUT2D eigenvalue weighted by molar-refractivity contribution is 7.91. The van der Waals surface area contributed by atoms with Gasteiger partial charge in [-0.3, -0.25) is 33.3 Å². The highest BCUT2D eigenvalue weighted by Crippen LogP contribution is 2.50. The normalized spacial score (nSPS) is 25.7. The number of aliphatic hydroxyl groups is 2. The first-order valence-corrected chi connectivity index (χ1v) is 42.8. The molecule has 1 saturated heterocycles. The van der Waals surface area contributed by atoms with Crippen LogP contribution in [0.4, 0.5) is 5.82 Å². The standard InChI is InChI=1S/C38H47N5O7S2.C32H38N4O6S.C10H14N6O4/c1-21(2)30-20-51-35(40-30)29-18-32(26-13-14-31(49-5)22(3)33(26)39-29)50-24-16-27-28(17-24)36(45)43(4)15-9-7-6-8-10-23-19-38(23,41-34(27)44)37(46)42-52(47,48)25-11-12-25;1-34-13-15-42-16-14-35(2)43(39,40)33-31(37)22-9-11-27-28(19-22)36-20-24(32(34)38)17-23-18-25(41-3)10-12-26(23)30(36)29(27)21-7-5-4-6-8-21;1-5-7(18)10(4-17,14-15-12)20-8(5)16-3-2-6(11)13-9(16)19/h8,10,13-14,18,20-21,23-25,27-28H,6-7,9,11-12,15-17,19H2,1-5H3,(H,41,44)(H,42,46);9-12,17-19,21H,4-8,13-16,20H2,1-3H3,(H,33,37);2-3,5,7-8,17-18H,4H2,1H3,(H2,11,13,19)/b10-8-;;/t23-,24-,27-,28-,38-;;5-,7-,8+,10+/m1.0/s1. The summed E-state index contributed by atoms with van der Waals surface area (Å²) in [4.78, 5) is 100. The summed E-state index contributed by atoms with van der Waals surface area (Å²) in [5, 5.41) is 29.7. The van der Waals surface area contributed by atoms with Gasteiger partial charge in [-0.15, -0.1) is 11.3 Å². The van der Waals surface area contributed by atoms with Crippen LogP contribution >= 0.6 is 11.3 Å². The zero-order chi connectivity index (χ0) is 82.2. The summed E-state index contributed by atoms with van der Waals surface area (Å²) in [6.07, 6.45) is 14.4. The van der Waals surface area contributed by atoms with Crippen molar-refractivity contribution in [1.29, 1.82) is 0 Å². The predicted octanol–water partition coefficient (Wildman–Crippen LogP) is 8.76. The Labute approximate surface area is 670 Å². The van der Waals surface area contributed by atoms with Crippen molar-refractivity contribution < 1.29 is 74.7 Å². The summed E-state index contributed by atoms with van der Waals surface area (Å²) < 4.78 is 89.3. The zero-order valence-corrected chi connectivity index (χ0v) is 68.3. The second kappa shape index (κ2) is 34.2. The van der Waals surface area contributed by atoms with E-state index in [2.05, 4.69) is 54.3 Å². The maximum atomic E-state index is 14.3. The molecule has 0 spiro atoms. The lowest BCUT2D eigenvalue weighted by Crippen LogP contribution is -2.54. The number of aromatic nitrogens is 5. The maximum Gasteiger partial charge on any atom is 0.351 e. The summed E-state index contributed by atoms with van der Waals surface area (Å²) in [6, 6.07) is 18.4. The Bertz CT molecular complexity index is 5340. The van der Waals surface area contributed by atoms with Gasteiger partial charge in [0.25, 0.3) is 17.7 Å². The Balaban J connectivity index is 0.000000164. The number of amides is 5. The second-order valence-electron chi connectivity index (χ2n) is 31.3. The number of benzene rings is 3. The molecule has 32 nitrogen and oxygen atoms in total. The number of hydrogen-bond acceptors (Lipinski definition) is 23. The summed E-state index contributed by atoms with van der Waals surface area (Å²) in [5.74, 6) is -1.98. The van der Waals surface area contributed by atoms with Crippen molar-refractivity contribution in [2.75, 3.05) is 80.6 Å². The number of azide groups is 1. The molecule has 7 aromatic rings. The number of hydrogen-bond donors (Lipinski definition) is 6. The number of methoxy groups -OCH3 is 2. The first-order valence-electron chi connectivity index (χ1n) is 38.9. The number of sulfonamides is 1. The van der Waals surface area contributed by atoms with Crippen molar-refractivity contribution in [3.05, 3.63) is 139 Å². The minimum atomic E-state index is -4.09. The van der Waals surface area contributed by atoms with Gasteiger partial charge in [0.1, 0.15) is 51.6 Å². The van der Waals surface area contributed by atoms with Crippen LogP contribution < -0.4 is 40.4 Å². The molecule has 3 aromatic carbocycles. The van der Waals surface area contributed by atoms with Crippen molar-refractivity contribution in [2.45, 2.75) is 164 Å². The van der Waals surface area contributed by atoms with Crippen LogP contribution in [-0.2, 0) is 55.4 Å². The van der Waals surface area contributed by atoms with E-state index in [-0.39, 0.29) is 67.6 Å². The summed E-state index contributed by atoms with van der Waals surface area (Å²) in [6.45, 7) is 8.63. The topological polar surface area (TPSA) is 426 Å². The van der Waals surface area contributed by atoms with Crippen LogP contribution in [0.1, 0.15) is 155 Å². The molecule has 9 atom stereocenters. The molecule has 4 bridgehead atoms. The Kier molecular flexibility index (Phi) is 24.7. The Morgan fingerprint density at radius 3 is 2.35 bits per heavy atom. The number of allylic oxidation sites excluding steroid dienone is 1. The van der Waals surface area contributed by atoms with Crippen molar-refractivity contribution in [3.8, 4) is 39.2 Å². The third kappa shape index (κ3) is 17.2. The van der Waals surface area contributed by atoms with Gasteiger partial charge in [-0.05, 0) is 154 Å². The molecule has 15 rings (SSSR count). The average molecular weight is 1640 g/mol. The predicted molar refractivity (Wildman–Crippen MR) is 431 cm³/mol. The van der Waals surface area contributed by atoms with Crippen LogP contribution in [-0.4, -0.2) is 198 Å². The quantitative estimate of drug-likeness (QED) is 0.0272. The van der Waals surface area contributed by atoms with E-state index in [0.717, 1.165) is 103 Å². The average Bonchev–Trinajstić information content (AvgIpc) is 1.58. The number of aryl methyl sites for hydroxylation is 1. The smallest absolute Gasteiger partial charge is 0.351 e. The number of carbonyl (C=O) groups excluding carboxylic acids is 5. The van der Waals surface area contributed by atoms with E-state index in [1.807, 2.05) is 66.9 Å². The number of nitrogens with two attached hydrogens (primary N) is 1. The molecule has 4 aromatic heterocycles. The van der Waals surface area contributed by atoms with Crippen molar-refractivity contribution in [1.82, 2.24) is 53.0 Å². The largest absolute Gasteiger partial charge is 0.497 e. The molecule has 4 saturated carbocycles. The van der Waals surface area contributed by atoms with Gasteiger partial charge in [0, 0.05) is 114 Å². The van der Waals surface area contributed by atoms with E-state index in [0.29, 0.717) is 78.8 Å². The molecule has 115 heavy (non-hydrogen) atoms. The van der Waals surface area contributed by atoms with Gasteiger partial charge < -0.3 is 59.3 Å². The van der Waals surface area contributed by atoms with Crippen molar-refractivity contribution in [3.63, 3.8) is 0 Å². The van der Waals surface area contributed by atoms with Crippen LogP contribution in [0.3, 0.4) is 0 Å². The van der Waals surface area contributed by atoms with Crippen LogP contribution in [0, 0.1) is 30.6 Å². The Hall–Kier alpha value is -9.84. The van der Waals surface area contributed by atoms with Gasteiger partial charge in [0.05, 0.1) is 80.7 Å². The number of ether oxygens (including phenoxy) is 5. The van der Waals surface area contributed by atoms with Crippen LogP contribution in [0.15, 0.2) is 99.9 Å². The monoisotopic (exact) mass is 1640 g/mol. The lowest BCUT2D eigenvalue weighted by molar-refractivity contribution is -0.140. The molecule has 4 aliphatic carbocycles. The number of carbonyl (C=O) groups is 5. The number of pyridine rings is 1. The SMILES string of the molecule is COc1ccc2c(O[C@@H]3C[C@H]4C(=O)N[C@]5(C(=O)NS(=O)(=O)C6CC6)C[C@H]5/C=C\CCCCN(C)C(=O)[C@@H]4C3)cc(-c3nc(C(C)C)cs3)nc2c1C.COc1ccc2c(c1)C=C1Cn3c-2c(C2CCCCC2)c2ccc(cc23)C(=O)NS(=O)(=O)N(C)CCOCCN(C)C1=O.C[C@@H]1[C@H](n2ccc(N)nc2=O)O[C@@](CO)(N=[N+]=[N-])[C@H]1O. The number of anilines is 1. The maximum absolute atomic E-state index is 14.3. The molecule has 5 amide bonds. The van der Waals surface area contributed by atoms with E-state index in [1.54, 1.807) is 57.2 Å². The number of likely N-dealkylation sites (N-methyl/N-ethyl adjacent to an activating group) is 2. The minimum Gasteiger partial charge on any atom is -0.497 e. The molecular formula is C80H99N15O17S3. The molecule has 35 heteroatoms. The molecule has 0 unspecified atom stereocenters. The number of aliphatic hydroxyl groups excluding tert-OH is 2. The van der Waals surface area contributed by atoms with Crippen LogP contribution in [0.5, 0.6) is 17.2 Å². The highest BCUT2D eigenvalue weighted by Gasteiger charge is 2.62. The van der Waals surface area contributed by atoms with Crippen LogP contribution in [0.25, 0.3) is 60.3 Å². The Morgan fingerprint density at radius 2 is 1.64 bits per heavy atom. The second-order valence-corrected chi connectivity index (χ2v) is 35.9. The van der Waals surface area contributed by atoms with Crippen molar-refractivity contribution >= 4 is 94.8 Å². The fourth-order valence-electron chi connectivity index (χ4n) is 16.3. The highest BCUT2D eigenvalue weighted by atomic mass is 32.2. The lowest BCUT2D eigenvalue weighted by atomic mass is 9.81. The fourth-order valence-corrected chi connectivity index (χ4v) is 19.4. The number of nitrogens with one attached hydrogen (secondary N) is 3. The minimum absolute atomic E-state index is 0.0556. The van der Waals surface area contributed by atoms with Crippen LogP contribution in [0.2, 0.25) is 0 Å². The van der Waals surface area contributed by atoms with Gasteiger partial charge >= 0.3 is 15.9 Å². The molecule has 614 valence electrons. The summed E-state index contributed by atoms with van der Waals surface area (Å²) >= 11 is 1.51. The number of nitrogen functional groups attached to an aromatic ring is 1. The number of nitrogens with zero attached hydrogens (tertiary/aromatic N) is 11. The van der Waals surface area contributed by atoms with Gasteiger partial charge in [-0.25, -0.2) is 27.9 Å². The first kappa shape index (κ1) is 83.1. The summed E-state index contributed by atoms with van der Waals surface area (Å²) in [7, 11) is 0.246. The molecule has 8 aliphatic rings. The molecule has 4 aliphatic heterocycles. The molecule has 7 N–H and O–H groups in total. The number of fused-ring (bicyclic) bond motifs is 7. The van der Waals surface area contributed by atoms with E-state index < -0.39 is 103 Å². The lowest BCUT2D eigenvalue weighted by Gasteiger charge is -2.26. The van der Waals surface area contributed by atoms with Crippen molar-refractivity contribution in [2.24, 2.45) is 28.8 Å². The van der Waals surface area contributed by atoms with E-state index in [1.165, 1.54) is 42.6 Å². The third-order valence-electron chi connectivity index (χ3n) is 23.2.